The maximum Gasteiger partial charge on any atom is 0.264 e. The van der Waals surface area contributed by atoms with E-state index in [4.69, 9.17) is 0 Å². The van der Waals surface area contributed by atoms with E-state index in [9.17, 15) is 17.0 Å². The lowest BCUT2D eigenvalue weighted by atomic mass is 10.3. The summed E-state index contributed by atoms with van der Waals surface area (Å²) in [7, 11) is -5.24. The fraction of sp³-hybridized carbons (Fsp3) is 0.0769. The molecule has 0 saturated carbocycles. The highest BCUT2D eigenvalue weighted by molar-refractivity contribution is 7.92. The average Bonchev–Trinajstić information content (AvgIpc) is 2.38. The van der Waals surface area contributed by atoms with Crippen molar-refractivity contribution in [3.05, 3.63) is 54.3 Å². The van der Waals surface area contributed by atoms with Crippen molar-refractivity contribution in [1.29, 1.82) is 0 Å². The highest BCUT2D eigenvalue weighted by Gasteiger charge is 2.18. The Morgan fingerprint density at radius 1 is 1.10 bits per heavy atom. The lowest BCUT2D eigenvalue weighted by Gasteiger charge is -2.09. The third-order valence-corrected chi connectivity index (χ3v) is 4.88. The van der Waals surface area contributed by atoms with E-state index in [1.54, 1.807) is 12.1 Å². The van der Waals surface area contributed by atoms with Gasteiger partial charge in [-0.05, 0) is 30.3 Å². The summed E-state index contributed by atoms with van der Waals surface area (Å²) >= 11 is 0. The van der Waals surface area contributed by atoms with Crippen LogP contribution in [0.2, 0.25) is 0 Å². The molecular formula is C13H12FNO3S2. The van der Waals surface area contributed by atoms with E-state index in [0.717, 1.165) is 6.07 Å². The molecule has 0 aliphatic heterocycles. The summed E-state index contributed by atoms with van der Waals surface area (Å²) in [6.45, 7) is 0. The maximum atomic E-state index is 13.5. The van der Waals surface area contributed by atoms with E-state index < -0.39 is 31.5 Å². The van der Waals surface area contributed by atoms with Gasteiger partial charge in [-0.1, -0.05) is 18.2 Å². The van der Waals surface area contributed by atoms with Crippen LogP contribution in [0.3, 0.4) is 0 Å². The van der Waals surface area contributed by atoms with Crippen LogP contribution in [-0.2, 0) is 20.8 Å². The van der Waals surface area contributed by atoms with Crippen molar-refractivity contribution in [3.63, 3.8) is 0 Å². The smallest absolute Gasteiger partial charge is 0.264 e. The summed E-state index contributed by atoms with van der Waals surface area (Å²) in [5.74, 6) is -0.824. The molecule has 2 rings (SSSR count). The van der Waals surface area contributed by atoms with Gasteiger partial charge in [0.2, 0.25) is 0 Å². The number of nitrogens with one attached hydrogen (secondary N) is 1. The zero-order chi connectivity index (χ0) is 14.8. The van der Waals surface area contributed by atoms with Crippen molar-refractivity contribution >= 4 is 26.5 Å². The van der Waals surface area contributed by atoms with Gasteiger partial charge >= 0.3 is 0 Å². The van der Waals surface area contributed by atoms with Crippen LogP contribution >= 0.6 is 0 Å². The summed E-state index contributed by atoms with van der Waals surface area (Å²) < 4.78 is 51.3. The SMILES string of the molecule is CS(=O)c1cccc(NS(=O)(=O)c2ccccc2F)c1. The molecule has 0 radical (unpaired) electrons. The number of rotatable bonds is 4. The normalized spacial score (nSPS) is 12.9. The predicted molar refractivity (Wildman–Crippen MR) is 76.0 cm³/mol. The molecule has 0 fully saturated rings. The van der Waals surface area contributed by atoms with Gasteiger partial charge in [-0.3, -0.25) is 8.93 Å². The first-order valence-electron chi connectivity index (χ1n) is 5.61. The number of anilines is 1. The van der Waals surface area contributed by atoms with E-state index in [1.807, 2.05) is 0 Å². The quantitative estimate of drug-likeness (QED) is 0.942. The van der Waals surface area contributed by atoms with E-state index in [2.05, 4.69) is 4.72 Å². The standard InChI is InChI=1S/C13H12FNO3S2/c1-19(16)11-6-4-5-10(9-11)15-20(17,18)13-8-3-2-7-12(13)14/h2-9,15H,1H3. The van der Waals surface area contributed by atoms with Crippen LogP contribution < -0.4 is 4.72 Å². The highest BCUT2D eigenvalue weighted by atomic mass is 32.2. The number of hydrogen-bond acceptors (Lipinski definition) is 3. The first-order valence-corrected chi connectivity index (χ1v) is 8.65. The Kier molecular flexibility index (Phi) is 4.20. The van der Waals surface area contributed by atoms with Crippen molar-refractivity contribution < 1.29 is 17.0 Å². The van der Waals surface area contributed by atoms with Crippen molar-refractivity contribution in [2.45, 2.75) is 9.79 Å². The molecule has 0 saturated heterocycles. The van der Waals surface area contributed by atoms with Gasteiger partial charge in [0.15, 0.2) is 0 Å². The van der Waals surface area contributed by atoms with E-state index in [-0.39, 0.29) is 5.69 Å². The fourth-order valence-corrected chi connectivity index (χ4v) is 3.30. The molecule has 2 aromatic rings. The van der Waals surface area contributed by atoms with Crippen LogP contribution in [0.4, 0.5) is 10.1 Å². The molecule has 2 aromatic carbocycles. The van der Waals surface area contributed by atoms with Gasteiger partial charge in [-0.2, -0.15) is 0 Å². The largest absolute Gasteiger partial charge is 0.280 e. The number of sulfonamides is 1. The monoisotopic (exact) mass is 313 g/mol. The number of hydrogen-bond donors (Lipinski definition) is 1. The van der Waals surface area contributed by atoms with Crippen molar-refractivity contribution in [3.8, 4) is 0 Å². The topological polar surface area (TPSA) is 63.2 Å². The van der Waals surface area contributed by atoms with Gasteiger partial charge < -0.3 is 0 Å². The van der Waals surface area contributed by atoms with Crippen LogP contribution in [0.25, 0.3) is 0 Å². The molecule has 0 aromatic heterocycles. The minimum atomic E-state index is -4.01. The Balaban J connectivity index is 2.36. The van der Waals surface area contributed by atoms with E-state index in [1.165, 1.54) is 36.6 Å². The van der Waals surface area contributed by atoms with Gasteiger partial charge in [0.1, 0.15) is 10.7 Å². The van der Waals surface area contributed by atoms with E-state index in [0.29, 0.717) is 4.90 Å². The Hall–Kier alpha value is -1.73. The minimum Gasteiger partial charge on any atom is -0.280 e. The molecule has 0 bridgehead atoms. The summed E-state index contributed by atoms with van der Waals surface area (Å²) in [6.07, 6.45) is 1.49. The van der Waals surface area contributed by atoms with Crippen LogP contribution in [0, 0.1) is 5.82 Å². The second-order valence-corrected chi connectivity index (χ2v) is 7.05. The Morgan fingerprint density at radius 2 is 1.80 bits per heavy atom. The third kappa shape index (κ3) is 3.23. The first-order chi connectivity index (χ1) is 9.40. The molecule has 106 valence electrons. The first kappa shape index (κ1) is 14.7. The van der Waals surface area contributed by atoms with Gasteiger partial charge in [0.05, 0.1) is 5.69 Å². The highest BCUT2D eigenvalue weighted by Crippen LogP contribution is 2.20. The Morgan fingerprint density at radius 3 is 2.45 bits per heavy atom. The maximum absolute atomic E-state index is 13.5. The van der Waals surface area contributed by atoms with Crippen LogP contribution in [0.1, 0.15) is 0 Å². The van der Waals surface area contributed by atoms with Gasteiger partial charge in [-0.15, -0.1) is 0 Å². The molecule has 0 amide bonds. The fourth-order valence-electron chi connectivity index (χ4n) is 1.61. The van der Waals surface area contributed by atoms with E-state index >= 15 is 0 Å². The van der Waals surface area contributed by atoms with Crippen LogP contribution in [0.5, 0.6) is 0 Å². The summed E-state index contributed by atoms with van der Waals surface area (Å²) in [5.41, 5.74) is 0.237. The number of benzene rings is 2. The van der Waals surface area contributed by atoms with Gasteiger partial charge in [0, 0.05) is 22.0 Å². The molecular weight excluding hydrogens is 301 g/mol. The van der Waals surface area contributed by atoms with Gasteiger partial charge in [0.25, 0.3) is 10.0 Å². The third-order valence-electron chi connectivity index (χ3n) is 2.54. The van der Waals surface area contributed by atoms with Crippen molar-refractivity contribution in [2.75, 3.05) is 11.0 Å². The Bertz CT molecular complexity index is 760. The number of halogens is 1. The molecule has 0 spiro atoms. The average molecular weight is 313 g/mol. The Labute approximate surface area is 119 Å². The molecule has 0 heterocycles. The second-order valence-electron chi connectivity index (χ2n) is 4.02. The second kappa shape index (κ2) is 5.72. The predicted octanol–water partition coefficient (Wildman–Crippen LogP) is 2.36. The summed E-state index contributed by atoms with van der Waals surface area (Å²) in [4.78, 5) is 0.0572. The van der Waals surface area contributed by atoms with Crippen molar-refractivity contribution in [1.82, 2.24) is 0 Å². The van der Waals surface area contributed by atoms with Crippen molar-refractivity contribution in [2.24, 2.45) is 0 Å². The molecule has 4 nitrogen and oxygen atoms in total. The lowest BCUT2D eigenvalue weighted by Crippen LogP contribution is -2.14. The van der Waals surface area contributed by atoms with Crippen LogP contribution in [0.15, 0.2) is 58.3 Å². The zero-order valence-electron chi connectivity index (χ0n) is 10.5. The zero-order valence-corrected chi connectivity index (χ0v) is 12.2. The molecule has 1 N–H and O–H groups in total. The molecule has 20 heavy (non-hydrogen) atoms. The minimum absolute atomic E-state index is 0.237. The summed E-state index contributed by atoms with van der Waals surface area (Å²) in [6, 6.07) is 11.3. The molecule has 0 aliphatic rings. The lowest BCUT2D eigenvalue weighted by molar-refractivity contribution is 0.570. The summed E-state index contributed by atoms with van der Waals surface area (Å²) in [5, 5.41) is 0. The molecule has 0 aliphatic carbocycles. The molecule has 1 unspecified atom stereocenters. The molecule has 1 atom stereocenters. The van der Waals surface area contributed by atoms with Gasteiger partial charge in [-0.25, -0.2) is 12.8 Å². The molecule has 7 heteroatoms. The van der Waals surface area contributed by atoms with Crippen LogP contribution in [-0.4, -0.2) is 18.9 Å².